The molecule has 2 rings (SSSR count). The van der Waals surface area contributed by atoms with E-state index in [9.17, 15) is 33.5 Å². The fourth-order valence-corrected chi connectivity index (χ4v) is 3.36. The van der Waals surface area contributed by atoms with Crippen molar-refractivity contribution in [2.45, 2.75) is 58.3 Å². The van der Waals surface area contributed by atoms with Crippen molar-refractivity contribution in [3.63, 3.8) is 0 Å². The highest BCUT2D eigenvalue weighted by atomic mass is 19.1. The van der Waals surface area contributed by atoms with Crippen LogP contribution in [-0.2, 0) is 42.9 Å². The van der Waals surface area contributed by atoms with Gasteiger partial charge in [0.15, 0.2) is 24.5 Å². The van der Waals surface area contributed by atoms with E-state index in [4.69, 9.17) is 23.7 Å². The number of carboxylic acid groups (broad SMARTS) is 1. The minimum absolute atomic E-state index is 0.242. The Kier molecular flexibility index (Phi) is 8.90. The number of carbonyl (C=O) groups is 5. The highest BCUT2D eigenvalue weighted by Crippen LogP contribution is 2.31. The summed E-state index contributed by atoms with van der Waals surface area (Å²) in [5.41, 5.74) is -0.969. The van der Waals surface area contributed by atoms with Gasteiger partial charge in [0.25, 0.3) is 0 Å². The highest BCUT2D eigenvalue weighted by molar-refractivity contribution is 5.94. The number of anilines is 1. The molecule has 0 aliphatic carbocycles. The van der Waals surface area contributed by atoms with Crippen molar-refractivity contribution in [2.24, 2.45) is 0 Å². The number of benzene rings is 1. The zero-order valence-electron chi connectivity index (χ0n) is 18.7. The lowest BCUT2D eigenvalue weighted by Gasteiger charge is -2.44. The molecule has 1 aliphatic heterocycles. The monoisotopic (exact) mass is 485 g/mol. The van der Waals surface area contributed by atoms with Gasteiger partial charge >= 0.3 is 29.8 Å². The maximum Gasteiger partial charge on any atom is 0.340 e. The molecular formula is C21H24FNO11. The summed E-state index contributed by atoms with van der Waals surface area (Å²) in [6, 6.07) is 3.40. The molecule has 2 N–H and O–H groups in total. The molecule has 13 heteroatoms. The van der Waals surface area contributed by atoms with Gasteiger partial charge in [0.1, 0.15) is 24.1 Å². The molecule has 1 fully saturated rings. The van der Waals surface area contributed by atoms with E-state index in [0.717, 1.165) is 33.8 Å². The van der Waals surface area contributed by atoms with Crippen LogP contribution in [0.4, 0.5) is 10.1 Å². The van der Waals surface area contributed by atoms with E-state index in [1.165, 1.54) is 12.1 Å². The summed E-state index contributed by atoms with van der Waals surface area (Å²) in [5, 5.41) is 12.0. The summed E-state index contributed by atoms with van der Waals surface area (Å²) in [7, 11) is 0. The Labute approximate surface area is 193 Å². The van der Waals surface area contributed by atoms with Crippen LogP contribution in [0.25, 0.3) is 0 Å². The number of rotatable bonds is 8. The SMILES string of the molecule is CC(=O)OC[C@H]1O[C@@H](Nc2cccc(F)c2C(=O)O)[C@H](OC(C)=O)[C@@H](OC(C)=O)[C@@H]1OC(C)=O. The molecule has 0 saturated carbocycles. The second-order valence-electron chi connectivity index (χ2n) is 7.23. The third-order valence-electron chi connectivity index (χ3n) is 4.52. The largest absolute Gasteiger partial charge is 0.478 e. The fraction of sp³-hybridized carbons (Fsp3) is 0.476. The summed E-state index contributed by atoms with van der Waals surface area (Å²) in [4.78, 5) is 58.3. The molecule has 0 aromatic heterocycles. The van der Waals surface area contributed by atoms with Crippen LogP contribution >= 0.6 is 0 Å². The van der Waals surface area contributed by atoms with E-state index in [0.29, 0.717) is 0 Å². The molecule has 0 bridgehead atoms. The van der Waals surface area contributed by atoms with Crippen molar-refractivity contribution >= 4 is 35.5 Å². The molecule has 1 heterocycles. The summed E-state index contributed by atoms with van der Waals surface area (Å²) in [6.07, 6.45) is -7.01. The summed E-state index contributed by atoms with van der Waals surface area (Å²) in [5.74, 6) is -5.81. The molecular weight excluding hydrogens is 461 g/mol. The van der Waals surface area contributed by atoms with Crippen molar-refractivity contribution in [1.82, 2.24) is 0 Å². The number of carboxylic acids is 1. The first kappa shape index (κ1) is 26.5. The van der Waals surface area contributed by atoms with Crippen LogP contribution < -0.4 is 5.32 Å². The number of carbonyl (C=O) groups excluding carboxylic acids is 4. The molecule has 0 unspecified atom stereocenters. The van der Waals surface area contributed by atoms with Crippen molar-refractivity contribution in [1.29, 1.82) is 0 Å². The molecule has 34 heavy (non-hydrogen) atoms. The van der Waals surface area contributed by atoms with Gasteiger partial charge in [-0.15, -0.1) is 0 Å². The molecule has 12 nitrogen and oxygen atoms in total. The molecule has 1 aliphatic rings. The molecule has 1 aromatic carbocycles. The van der Waals surface area contributed by atoms with Gasteiger partial charge in [-0.1, -0.05) is 6.07 Å². The lowest BCUT2D eigenvalue weighted by Crippen LogP contribution is -2.64. The van der Waals surface area contributed by atoms with E-state index < -0.39 is 78.5 Å². The Balaban J connectivity index is 2.55. The maximum absolute atomic E-state index is 14.2. The van der Waals surface area contributed by atoms with Gasteiger partial charge in [-0.25, -0.2) is 9.18 Å². The lowest BCUT2D eigenvalue weighted by molar-refractivity contribution is -0.247. The number of aromatic carboxylic acids is 1. The molecule has 0 spiro atoms. The number of halogens is 1. The number of ether oxygens (including phenoxy) is 5. The van der Waals surface area contributed by atoms with Crippen molar-refractivity contribution in [2.75, 3.05) is 11.9 Å². The van der Waals surface area contributed by atoms with Crippen molar-refractivity contribution in [3.05, 3.63) is 29.6 Å². The first-order valence-corrected chi connectivity index (χ1v) is 9.99. The first-order valence-electron chi connectivity index (χ1n) is 9.99. The minimum atomic E-state index is -1.59. The van der Waals surface area contributed by atoms with Gasteiger partial charge in [-0.05, 0) is 12.1 Å². The number of nitrogens with one attached hydrogen (secondary N) is 1. The molecule has 5 atom stereocenters. The number of esters is 4. The van der Waals surface area contributed by atoms with E-state index in [-0.39, 0.29) is 5.69 Å². The van der Waals surface area contributed by atoms with Crippen LogP contribution in [0.5, 0.6) is 0 Å². The Morgan fingerprint density at radius 2 is 1.47 bits per heavy atom. The van der Waals surface area contributed by atoms with E-state index in [1.54, 1.807) is 0 Å². The van der Waals surface area contributed by atoms with Crippen LogP contribution in [0.1, 0.15) is 38.1 Å². The van der Waals surface area contributed by atoms with Crippen LogP contribution in [0.3, 0.4) is 0 Å². The second kappa shape index (κ2) is 11.4. The third kappa shape index (κ3) is 6.88. The van der Waals surface area contributed by atoms with Gasteiger partial charge < -0.3 is 34.1 Å². The van der Waals surface area contributed by atoms with Gasteiger partial charge in [-0.2, -0.15) is 0 Å². The maximum atomic E-state index is 14.2. The van der Waals surface area contributed by atoms with E-state index in [2.05, 4.69) is 5.32 Å². The van der Waals surface area contributed by atoms with Crippen LogP contribution in [0, 0.1) is 5.82 Å². The summed E-state index contributed by atoms with van der Waals surface area (Å²) in [6.45, 7) is 3.84. The molecule has 1 saturated heterocycles. The zero-order valence-corrected chi connectivity index (χ0v) is 18.7. The Bertz CT molecular complexity index is 966. The Hall–Kier alpha value is -3.74. The third-order valence-corrected chi connectivity index (χ3v) is 4.52. The Morgan fingerprint density at radius 3 is 2.00 bits per heavy atom. The normalized spacial score (nSPS) is 23.9. The predicted octanol–water partition coefficient (Wildman–Crippen LogP) is 1.02. The van der Waals surface area contributed by atoms with Crippen LogP contribution in [-0.4, -0.2) is 72.2 Å². The standard InChI is InChI=1S/C21H24FNO11/c1-9(24)30-8-15-17(31-10(2)25)18(32-11(3)26)19(33-12(4)27)20(34-15)23-14-7-5-6-13(22)16(14)21(28)29/h5-7,15,17-20,23H,8H2,1-4H3,(H,28,29)/t15-,17-,18+,19-,20-/m1/s1. The average Bonchev–Trinajstić information content (AvgIpc) is 2.69. The molecule has 1 aromatic rings. The summed E-state index contributed by atoms with van der Waals surface area (Å²) >= 11 is 0. The minimum Gasteiger partial charge on any atom is -0.478 e. The van der Waals surface area contributed by atoms with Crippen LogP contribution in [0.2, 0.25) is 0 Å². The van der Waals surface area contributed by atoms with Gasteiger partial charge in [-0.3, -0.25) is 19.2 Å². The zero-order chi connectivity index (χ0) is 25.6. The highest BCUT2D eigenvalue weighted by Gasteiger charge is 2.52. The second-order valence-corrected chi connectivity index (χ2v) is 7.23. The van der Waals surface area contributed by atoms with Crippen LogP contribution in [0.15, 0.2) is 18.2 Å². The lowest BCUT2D eigenvalue weighted by atomic mass is 9.96. The molecule has 0 radical (unpaired) electrons. The Morgan fingerprint density at radius 1 is 0.912 bits per heavy atom. The quantitative estimate of drug-likeness (QED) is 0.397. The fourth-order valence-electron chi connectivity index (χ4n) is 3.36. The molecule has 0 amide bonds. The predicted molar refractivity (Wildman–Crippen MR) is 109 cm³/mol. The van der Waals surface area contributed by atoms with E-state index >= 15 is 0 Å². The van der Waals surface area contributed by atoms with Crippen molar-refractivity contribution in [3.8, 4) is 0 Å². The smallest absolute Gasteiger partial charge is 0.340 e. The van der Waals surface area contributed by atoms with E-state index in [1.807, 2.05) is 0 Å². The summed E-state index contributed by atoms with van der Waals surface area (Å²) < 4.78 is 40.7. The topological polar surface area (TPSA) is 164 Å². The van der Waals surface area contributed by atoms with Gasteiger partial charge in [0.05, 0.1) is 5.69 Å². The number of hydrogen-bond acceptors (Lipinski definition) is 11. The van der Waals surface area contributed by atoms with Gasteiger partial charge in [0.2, 0.25) is 0 Å². The average molecular weight is 485 g/mol. The molecule has 186 valence electrons. The van der Waals surface area contributed by atoms with Crippen molar-refractivity contribution < 1.29 is 57.2 Å². The first-order chi connectivity index (χ1) is 15.9. The van der Waals surface area contributed by atoms with Gasteiger partial charge in [0, 0.05) is 27.7 Å². The number of hydrogen-bond donors (Lipinski definition) is 2.